The highest BCUT2D eigenvalue weighted by atomic mass is 19.2. The molecule has 1 heterocycles. The Hall–Kier alpha value is -2.96. The fourth-order valence-electron chi connectivity index (χ4n) is 3.31. The van der Waals surface area contributed by atoms with Gasteiger partial charge in [-0.2, -0.15) is 0 Å². The zero-order chi connectivity index (χ0) is 19.6. The first-order valence-electron chi connectivity index (χ1n) is 8.58. The van der Waals surface area contributed by atoms with E-state index in [4.69, 9.17) is 4.74 Å². The van der Waals surface area contributed by atoms with E-state index in [0.29, 0.717) is 18.5 Å². The third-order valence-corrected chi connectivity index (χ3v) is 4.83. The number of halogens is 2. The Bertz CT molecular complexity index is 843. The molecule has 0 radical (unpaired) electrons. The number of carboxylic acids is 1. The average Bonchev–Trinajstić information content (AvgIpc) is 3.04. The molecule has 1 saturated heterocycles. The van der Waals surface area contributed by atoms with Gasteiger partial charge in [0.25, 0.3) is 5.91 Å². The van der Waals surface area contributed by atoms with Gasteiger partial charge in [0, 0.05) is 24.2 Å². The largest absolute Gasteiger partial charge is 0.481 e. The molecule has 0 bridgehead atoms. The molecule has 1 amide bonds. The number of rotatable bonds is 5. The molecule has 3 unspecified atom stereocenters. The SMILES string of the molecule is CC1C(C(=O)O)CCN1C(=O)C(Oc1ccc(F)c(F)c1)c1ccccc1. The zero-order valence-electron chi connectivity index (χ0n) is 14.6. The highest BCUT2D eigenvalue weighted by Crippen LogP contribution is 2.31. The molecule has 2 aromatic carbocycles. The fourth-order valence-corrected chi connectivity index (χ4v) is 3.31. The van der Waals surface area contributed by atoms with Crippen LogP contribution in [0, 0.1) is 17.6 Å². The Balaban J connectivity index is 1.89. The summed E-state index contributed by atoms with van der Waals surface area (Å²) in [5, 5.41) is 9.28. The lowest BCUT2D eigenvalue weighted by molar-refractivity contribution is -0.144. The number of ether oxygens (including phenoxy) is 1. The minimum absolute atomic E-state index is 0.0118. The van der Waals surface area contributed by atoms with E-state index in [0.717, 1.165) is 12.1 Å². The summed E-state index contributed by atoms with van der Waals surface area (Å²) in [7, 11) is 0. The zero-order valence-corrected chi connectivity index (χ0v) is 14.6. The highest BCUT2D eigenvalue weighted by molar-refractivity contribution is 5.84. The molecule has 0 aromatic heterocycles. The van der Waals surface area contributed by atoms with Crippen molar-refractivity contribution >= 4 is 11.9 Å². The van der Waals surface area contributed by atoms with E-state index in [1.165, 1.54) is 11.0 Å². The van der Waals surface area contributed by atoms with E-state index in [9.17, 15) is 23.5 Å². The number of carbonyl (C=O) groups excluding carboxylic acids is 1. The highest BCUT2D eigenvalue weighted by Gasteiger charge is 2.41. The van der Waals surface area contributed by atoms with Gasteiger partial charge in [-0.05, 0) is 25.5 Å². The second-order valence-electron chi connectivity index (χ2n) is 6.49. The number of likely N-dealkylation sites (tertiary alicyclic amines) is 1. The van der Waals surface area contributed by atoms with Crippen LogP contribution in [0.5, 0.6) is 5.75 Å². The van der Waals surface area contributed by atoms with Crippen molar-refractivity contribution in [2.24, 2.45) is 5.92 Å². The molecule has 0 aliphatic carbocycles. The second-order valence-corrected chi connectivity index (χ2v) is 6.49. The molecular formula is C20H19F2NO4. The van der Waals surface area contributed by atoms with Crippen molar-refractivity contribution in [3.8, 4) is 5.75 Å². The van der Waals surface area contributed by atoms with Gasteiger partial charge in [0.15, 0.2) is 11.6 Å². The standard InChI is InChI=1S/C20H19F2NO4/c1-12-15(20(25)26)9-10-23(12)19(24)18(13-5-3-2-4-6-13)27-14-7-8-16(21)17(22)11-14/h2-8,11-12,15,18H,9-10H2,1H3,(H,25,26). The molecule has 0 saturated carbocycles. The van der Waals surface area contributed by atoms with Gasteiger partial charge < -0.3 is 14.7 Å². The molecule has 142 valence electrons. The van der Waals surface area contributed by atoms with Gasteiger partial charge in [-0.3, -0.25) is 9.59 Å². The van der Waals surface area contributed by atoms with Gasteiger partial charge in [-0.25, -0.2) is 8.78 Å². The van der Waals surface area contributed by atoms with Gasteiger partial charge in [0.1, 0.15) is 5.75 Å². The molecule has 1 fully saturated rings. The molecule has 0 spiro atoms. The van der Waals surface area contributed by atoms with E-state index >= 15 is 0 Å². The van der Waals surface area contributed by atoms with Crippen LogP contribution in [0.1, 0.15) is 25.0 Å². The van der Waals surface area contributed by atoms with Crippen molar-refractivity contribution in [3.63, 3.8) is 0 Å². The van der Waals surface area contributed by atoms with Crippen LogP contribution in [-0.4, -0.2) is 34.5 Å². The summed E-state index contributed by atoms with van der Waals surface area (Å²) in [6.07, 6.45) is -0.736. The summed E-state index contributed by atoms with van der Waals surface area (Å²) in [4.78, 5) is 25.9. The number of hydrogen-bond donors (Lipinski definition) is 1. The minimum atomic E-state index is -1.09. The average molecular weight is 375 g/mol. The number of aliphatic carboxylic acids is 1. The number of nitrogens with zero attached hydrogens (tertiary/aromatic N) is 1. The molecule has 7 heteroatoms. The van der Waals surface area contributed by atoms with Gasteiger partial charge in [-0.1, -0.05) is 30.3 Å². The quantitative estimate of drug-likeness (QED) is 0.870. The number of amides is 1. The predicted octanol–water partition coefficient (Wildman–Crippen LogP) is 3.41. The predicted molar refractivity (Wildman–Crippen MR) is 93.1 cm³/mol. The van der Waals surface area contributed by atoms with E-state index in [-0.39, 0.29) is 5.75 Å². The molecular weight excluding hydrogens is 356 g/mol. The Kier molecular flexibility index (Phi) is 5.39. The van der Waals surface area contributed by atoms with Gasteiger partial charge in [-0.15, -0.1) is 0 Å². The second kappa shape index (κ2) is 7.73. The third kappa shape index (κ3) is 3.92. The van der Waals surface area contributed by atoms with E-state index in [2.05, 4.69) is 0 Å². The smallest absolute Gasteiger partial charge is 0.308 e. The Labute approximate surface area is 155 Å². The molecule has 1 aliphatic rings. The minimum Gasteiger partial charge on any atom is -0.481 e. The molecule has 27 heavy (non-hydrogen) atoms. The summed E-state index contributed by atoms with van der Waals surface area (Å²) in [6.45, 7) is 1.98. The first-order valence-corrected chi connectivity index (χ1v) is 8.58. The topological polar surface area (TPSA) is 66.8 Å². The normalized spacial score (nSPS) is 20.3. The van der Waals surface area contributed by atoms with Crippen LogP contribution >= 0.6 is 0 Å². The molecule has 3 rings (SSSR count). The molecule has 5 nitrogen and oxygen atoms in total. The molecule has 1 N–H and O–H groups in total. The van der Waals surface area contributed by atoms with Crippen LogP contribution in [-0.2, 0) is 9.59 Å². The van der Waals surface area contributed by atoms with Crippen molar-refractivity contribution in [1.82, 2.24) is 4.90 Å². The summed E-state index contributed by atoms with van der Waals surface area (Å²) in [5.74, 6) is -4.08. The van der Waals surface area contributed by atoms with Crippen molar-refractivity contribution in [3.05, 3.63) is 65.7 Å². The maximum absolute atomic E-state index is 13.5. The lowest BCUT2D eigenvalue weighted by atomic mass is 10.0. The third-order valence-electron chi connectivity index (χ3n) is 4.83. The van der Waals surface area contributed by atoms with Gasteiger partial charge in [0.05, 0.1) is 5.92 Å². The summed E-state index contributed by atoms with van der Waals surface area (Å²) >= 11 is 0. The van der Waals surface area contributed by atoms with Gasteiger partial charge in [0.2, 0.25) is 6.10 Å². The van der Waals surface area contributed by atoms with Crippen LogP contribution in [0.4, 0.5) is 8.78 Å². The first kappa shape index (κ1) is 18.8. The van der Waals surface area contributed by atoms with Crippen LogP contribution < -0.4 is 4.74 Å². The lowest BCUT2D eigenvalue weighted by Gasteiger charge is -2.28. The molecule has 1 aliphatic heterocycles. The van der Waals surface area contributed by atoms with Crippen LogP contribution in [0.15, 0.2) is 48.5 Å². The number of benzene rings is 2. The molecule has 2 aromatic rings. The van der Waals surface area contributed by atoms with Crippen LogP contribution in [0.25, 0.3) is 0 Å². The van der Waals surface area contributed by atoms with Crippen LogP contribution in [0.2, 0.25) is 0 Å². The number of hydrogen-bond acceptors (Lipinski definition) is 3. The van der Waals surface area contributed by atoms with Crippen molar-refractivity contribution in [1.29, 1.82) is 0 Å². The van der Waals surface area contributed by atoms with E-state index < -0.39 is 41.6 Å². The van der Waals surface area contributed by atoms with Crippen molar-refractivity contribution in [2.45, 2.75) is 25.5 Å². The number of carbonyl (C=O) groups is 2. The summed E-state index contributed by atoms with van der Waals surface area (Å²) in [6, 6.07) is 11.2. The Morgan fingerprint density at radius 3 is 2.44 bits per heavy atom. The molecule has 3 atom stereocenters. The van der Waals surface area contributed by atoms with E-state index in [1.807, 2.05) is 0 Å². The summed E-state index contributed by atoms with van der Waals surface area (Å²) in [5.41, 5.74) is 0.540. The summed E-state index contributed by atoms with van der Waals surface area (Å²) < 4.78 is 32.4. The maximum atomic E-state index is 13.5. The fraction of sp³-hybridized carbons (Fsp3) is 0.300. The number of carboxylic acid groups (broad SMARTS) is 1. The maximum Gasteiger partial charge on any atom is 0.308 e. The monoisotopic (exact) mass is 375 g/mol. The Morgan fingerprint density at radius 2 is 1.85 bits per heavy atom. The van der Waals surface area contributed by atoms with E-state index in [1.54, 1.807) is 37.3 Å². The van der Waals surface area contributed by atoms with Crippen molar-refractivity contribution < 1.29 is 28.2 Å². The van der Waals surface area contributed by atoms with Gasteiger partial charge >= 0.3 is 5.97 Å². The van der Waals surface area contributed by atoms with Crippen LogP contribution in [0.3, 0.4) is 0 Å². The van der Waals surface area contributed by atoms with Crippen molar-refractivity contribution in [2.75, 3.05) is 6.54 Å². The lowest BCUT2D eigenvalue weighted by Crippen LogP contribution is -2.41. The Morgan fingerprint density at radius 1 is 1.15 bits per heavy atom. The first-order chi connectivity index (χ1) is 12.9.